The lowest BCUT2D eigenvalue weighted by Gasteiger charge is -2.29. The third-order valence-electron chi connectivity index (χ3n) is 4.79. The minimum absolute atomic E-state index is 0.125. The van der Waals surface area contributed by atoms with Gasteiger partial charge in [-0.05, 0) is 24.6 Å². The number of amides is 2. The summed E-state index contributed by atoms with van der Waals surface area (Å²) in [5.41, 5.74) is 6.66. The standard InChI is InChI=1S/C18H18BrN3O3/c19-11-8-13-12-2-1-10(18(24)22-3-5-25-6-4-22)7-15(12)21-16(13)14(9-11)17(20)23/h2,7-10,21H,1,3-6H2,(H2,20,23). The second-order valence-corrected chi connectivity index (χ2v) is 7.26. The number of ether oxygens (including phenoxy) is 1. The molecule has 1 aromatic heterocycles. The number of halogens is 1. The number of aromatic amines is 1. The Balaban J connectivity index is 1.78. The molecule has 25 heavy (non-hydrogen) atoms. The highest BCUT2D eigenvalue weighted by Gasteiger charge is 2.25. The smallest absolute Gasteiger partial charge is 0.250 e. The summed E-state index contributed by atoms with van der Waals surface area (Å²) in [4.78, 5) is 29.6. The highest BCUT2D eigenvalue weighted by molar-refractivity contribution is 9.10. The van der Waals surface area contributed by atoms with E-state index in [0.717, 1.165) is 20.4 Å². The summed E-state index contributed by atoms with van der Waals surface area (Å²) in [5.74, 6) is -0.551. The number of fused-ring (bicyclic) bond motifs is 3. The lowest BCUT2D eigenvalue weighted by atomic mass is 9.97. The predicted molar refractivity (Wildman–Crippen MR) is 98.2 cm³/mol. The number of nitrogens with one attached hydrogen (secondary N) is 1. The van der Waals surface area contributed by atoms with Crippen molar-refractivity contribution in [2.24, 2.45) is 11.7 Å². The fourth-order valence-corrected chi connectivity index (χ4v) is 4.01. The van der Waals surface area contributed by atoms with Crippen molar-refractivity contribution in [1.29, 1.82) is 0 Å². The molecular formula is C18H18BrN3O3. The summed E-state index contributed by atoms with van der Waals surface area (Å²) >= 11 is 3.43. The van der Waals surface area contributed by atoms with Crippen molar-refractivity contribution in [3.8, 4) is 0 Å². The summed E-state index contributed by atoms with van der Waals surface area (Å²) in [6, 6.07) is 3.68. The first kappa shape index (κ1) is 16.4. The molecule has 130 valence electrons. The van der Waals surface area contributed by atoms with Gasteiger partial charge in [0.25, 0.3) is 5.91 Å². The molecular weight excluding hydrogens is 386 g/mol. The maximum absolute atomic E-state index is 12.7. The van der Waals surface area contributed by atoms with Crippen molar-refractivity contribution in [2.75, 3.05) is 26.3 Å². The monoisotopic (exact) mass is 403 g/mol. The first-order valence-electron chi connectivity index (χ1n) is 8.24. The van der Waals surface area contributed by atoms with E-state index in [1.54, 1.807) is 6.07 Å². The summed E-state index contributed by atoms with van der Waals surface area (Å²) in [6.07, 6.45) is 4.68. The van der Waals surface area contributed by atoms with E-state index in [0.29, 0.717) is 43.8 Å². The first-order chi connectivity index (χ1) is 12.0. The van der Waals surface area contributed by atoms with Crippen LogP contribution >= 0.6 is 15.9 Å². The molecule has 1 aliphatic heterocycles. The fourth-order valence-electron chi connectivity index (χ4n) is 3.55. The van der Waals surface area contributed by atoms with Crippen LogP contribution in [0.5, 0.6) is 0 Å². The van der Waals surface area contributed by atoms with E-state index in [-0.39, 0.29) is 11.8 Å². The molecule has 0 radical (unpaired) electrons. The Hall–Kier alpha value is -2.12. The van der Waals surface area contributed by atoms with E-state index in [1.165, 1.54) is 0 Å². The number of rotatable bonds is 2. The third kappa shape index (κ3) is 2.87. The lowest BCUT2D eigenvalue weighted by Crippen LogP contribution is -2.44. The third-order valence-corrected chi connectivity index (χ3v) is 5.25. The van der Waals surface area contributed by atoms with Gasteiger partial charge >= 0.3 is 0 Å². The van der Waals surface area contributed by atoms with Crippen LogP contribution in [0.2, 0.25) is 0 Å². The molecule has 1 saturated heterocycles. The van der Waals surface area contributed by atoms with Gasteiger partial charge in [0.1, 0.15) is 0 Å². The van der Waals surface area contributed by atoms with E-state index in [1.807, 2.05) is 17.0 Å². The van der Waals surface area contributed by atoms with E-state index in [9.17, 15) is 9.59 Å². The molecule has 1 atom stereocenters. The van der Waals surface area contributed by atoms with Gasteiger partial charge < -0.3 is 20.4 Å². The SMILES string of the molecule is NC(=O)c1cc(Br)cc2c3c([nH]c12)=CC(C(=O)N1CCOCC1)CC=3. The molecule has 0 saturated carbocycles. The van der Waals surface area contributed by atoms with Crippen molar-refractivity contribution >= 4 is 50.8 Å². The Morgan fingerprint density at radius 2 is 2.04 bits per heavy atom. The van der Waals surface area contributed by atoms with Crippen LogP contribution in [-0.2, 0) is 9.53 Å². The Labute approximate surface area is 152 Å². The summed E-state index contributed by atoms with van der Waals surface area (Å²) in [5, 5.41) is 2.82. The van der Waals surface area contributed by atoms with Crippen molar-refractivity contribution < 1.29 is 14.3 Å². The number of H-pyrrole nitrogens is 1. The molecule has 2 heterocycles. The average molecular weight is 404 g/mol. The first-order valence-corrected chi connectivity index (χ1v) is 9.03. The zero-order valence-corrected chi connectivity index (χ0v) is 15.1. The molecule has 1 unspecified atom stereocenters. The van der Waals surface area contributed by atoms with Crippen LogP contribution in [0.1, 0.15) is 16.8 Å². The van der Waals surface area contributed by atoms with Gasteiger partial charge in [0.2, 0.25) is 5.91 Å². The number of primary amides is 1. The Kier molecular flexibility index (Phi) is 4.13. The van der Waals surface area contributed by atoms with Crippen molar-refractivity contribution in [1.82, 2.24) is 9.88 Å². The Morgan fingerprint density at radius 1 is 1.28 bits per heavy atom. The van der Waals surface area contributed by atoms with Crippen molar-refractivity contribution in [2.45, 2.75) is 6.42 Å². The summed E-state index contributed by atoms with van der Waals surface area (Å²) in [6.45, 7) is 2.47. The van der Waals surface area contributed by atoms with Gasteiger partial charge in [-0.2, -0.15) is 0 Å². The number of hydrogen-bond acceptors (Lipinski definition) is 3. The summed E-state index contributed by atoms with van der Waals surface area (Å²) in [7, 11) is 0. The molecule has 1 fully saturated rings. The van der Waals surface area contributed by atoms with Crippen molar-refractivity contribution in [3.63, 3.8) is 0 Å². The molecule has 0 spiro atoms. The number of carbonyl (C=O) groups excluding carboxylic acids is 2. The largest absolute Gasteiger partial charge is 0.378 e. The average Bonchev–Trinajstić information content (AvgIpc) is 2.98. The number of carbonyl (C=O) groups is 2. The van der Waals surface area contributed by atoms with E-state index in [2.05, 4.69) is 27.0 Å². The number of nitrogens with two attached hydrogens (primary N) is 1. The van der Waals surface area contributed by atoms with Gasteiger partial charge in [-0.3, -0.25) is 9.59 Å². The van der Waals surface area contributed by atoms with Crippen molar-refractivity contribution in [3.05, 3.63) is 32.7 Å². The number of morpholine rings is 1. The van der Waals surface area contributed by atoms with E-state index < -0.39 is 5.91 Å². The highest BCUT2D eigenvalue weighted by atomic mass is 79.9. The van der Waals surface area contributed by atoms with Gasteiger partial charge in [-0.15, -0.1) is 0 Å². The highest BCUT2D eigenvalue weighted by Crippen LogP contribution is 2.22. The molecule has 0 bridgehead atoms. The molecule has 1 aromatic carbocycles. The van der Waals surface area contributed by atoms with Crippen LogP contribution in [0.15, 0.2) is 16.6 Å². The van der Waals surface area contributed by atoms with Gasteiger partial charge in [-0.25, -0.2) is 0 Å². The van der Waals surface area contributed by atoms with E-state index >= 15 is 0 Å². The topological polar surface area (TPSA) is 88.4 Å². The second-order valence-electron chi connectivity index (χ2n) is 6.34. The quantitative estimate of drug-likeness (QED) is 0.763. The van der Waals surface area contributed by atoms with Gasteiger partial charge in [0.05, 0.1) is 30.2 Å². The second kappa shape index (κ2) is 6.31. The molecule has 1 aliphatic carbocycles. The van der Waals surface area contributed by atoms with Gasteiger partial charge in [-0.1, -0.05) is 22.0 Å². The normalized spacial score (nSPS) is 19.9. The van der Waals surface area contributed by atoms with Gasteiger partial charge in [0, 0.05) is 33.5 Å². The number of nitrogens with zero attached hydrogens (tertiary/aromatic N) is 1. The number of aromatic nitrogens is 1. The zero-order chi connectivity index (χ0) is 17.6. The number of hydrogen-bond donors (Lipinski definition) is 2. The van der Waals surface area contributed by atoms with Crippen LogP contribution in [0, 0.1) is 5.92 Å². The molecule has 3 N–H and O–H groups in total. The zero-order valence-electron chi connectivity index (χ0n) is 13.5. The Bertz CT molecular complexity index is 989. The van der Waals surface area contributed by atoms with Crippen LogP contribution in [0.4, 0.5) is 0 Å². The molecule has 2 amide bonds. The Morgan fingerprint density at radius 3 is 2.76 bits per heavy atom. The van der Waals surface area contributed by atoms with E-state index in [4.69, 9.17) is 10.5 Å². The predicted octanol–water partition coefficient (Wildman–Crippen LogP) is 0.469. The molecule has 7 heteroatoms. The van der Waals surface area contributed by atoms with Gasteiger partial charge in [0.15, 0.2) is 0 Å². The maximum Gasteiger partial charge on any atom is 0.250 e. The van der Waals surface area contributed by atoms with Crippen LogP contribution in [-0.4, -0.2) is 48.0 Å². The molecule has 6 nitrogen and oxygen atoms in total. The molecule has 4 rings (SSSR count). The number of benzene rings is 1. The molecule has 2 aromatic rings. The van der Waals surface area contributed by atoms with Crippen LogP contribution in [0.25, 0.3) is 23.1 Å². The summed E-state index contributed by atoms with van der Waals surface area (Å²) < 4.78 is 6.12. The molecule has 2 aliphatic rings. The van der Waals surface area contributed by atoms with Crippen LogP contribution < -0.4 is 16.3 Å². The minimum atomic E-state index is -0.481. The lowest BCUT2D eigenvalue weighted by molar-refractivity contribution is -0.137. The maximum atomic E-state index is 12.7. The minimum Gasteiger partial charge on any atom is -0.378 e. The van der Waals surface area contributed by atoms with Crippen LogP contribution in [0.3, 0.4) is 0 Å². The fraction of sp³-hybridized carbons (Fsp3) is 0.333.